The molecule has 0 amide bonds. The van der Waals surface area contributed by atoms with Crippen LogP contribution in [0.2, 0.25) is 0 Å². The van der Waals surface area contributed by atoms with Crippen molar-refractivity contribution in [1.82, 2.24) is 5.43 Å². The summed E-state index contributed by atoms with van der Waals surface area (Å²) in [5.41, 5.74) is 5.00. The Morgan fingerprint density at radius 2 is 1.63 bits per heavy atom. The molecular formula is C16H24N2S. The Kier molecular flexibility index (Phi) is 2.61. The summed E-state index contributed by atoms with van der Waals surface area (Å²) in [5, 5.41) is 4.73. The van der Waals surface area contributed by atoms with E-state index in [0.29, 0.717) is 17.3 Å². The largest absolute Gasteiger partial charge is 0.271 e. The summed E-state index contributed by atoms with van der Waals surface area (Å²) in [7, 11) is 0. The summed E-state index contributed by atoms with van der Waals surface area (Å²) in [6.45, 7) is 4.58. The van der Waals surface area contributed by atoms with Gasteiger partial charge in [0.2, 0.25) is 0 Å². The number of nitrogens with one attached hydrogen (secondary N) is 1. The van der Waals surface area contributed by atoms with Gasteiger partial charge in [-0.15, -0.1) is 0 Å². The van der Waals surface area contributed by atoms with Crippen LogP contribution in [0.1, 0.15) is 52.4 Å². The molecule has 4 fully saturated rings. The number of nitrogens with zero attached hydrogens (tertiary/aromatic N) is 1. The molecule has 104 valence electrons. The summed E-state index contributed by atoms with van der Waals surface area (Å²) in [6.07, 6.45) is 8.67. The lowest BCUT2D eigenvalue weighted by molar-refractivity contribution is -0.0143. The van der Waals surface area contributed by atoms with Crippen LogP contribution < -0.4 is 5.43 Å². The standard InChI is InChI=1S/C16H24N2S/c1-9(2)13-14(17-18-15(13)19)16-6-10-3-11(7-16)5-12(4-10)8-16/h9-13H,3-8H2,1-2H3,(H,18,19). The second kappa shape index (κ2) is 4.03. The van der Waals surface area contributed by atoms with E-state index in [1.54, 1.807) is 0 Å². The van der Waals surface area contributed by atoms with Crippen molar-refractivity contribution in [3.8, 4) is 0 Å². The van der Waals surface area contributed by atoms with Gasteiger partial charge in [0, 0.05) is 5.41 Å². The van der Waals surface area contributed by atoms with Crippen LogP contribution in [0.5, 0.6) is 0 Å². The maximum atomic E-state index is 5.52. The minimum Gasteiger partial charge on any atom is -0.271 e. The average Bonchev–Trinajstić information content (AvgIpc) is 2.70. The van der Waals surface area contributed by atoms with Crippen LogP contribution in [0.25, 0.3) is 0 Å². The minimum atomic E-state index is 0.409. The molecule has 19 heavy (non-hydrogen) atoms. The predicted octanol–water partition coefficient (Wildman–Crippen LogP) is 3.76. The van der Waals surface area contributed by atoms with Crippen LogP contribution in [-0.2, 0) is 0 Å². The molecule has 5 aliphatic rings. The predicted molar refractivity (Wildman–Crippen MR) is 82.1 cm³/mol. The van der Waals surface area contributed by atoms with Gasteiger partial charge in [0.05, 0.1) is 11.6 Å². The summed E-state index contributed by atoms with van der Waals surface area (Å²) in [5.74, 6) is 3.93. The molecule has 4 aliphatic carbocycles. The van der Waals surface area contributed by atoms with E-state index in [4.69, 9.17) is 17.3 Å². The molecule has 2 nitrogen and oxygen atoms in total. The molecule has 0 aromatic rings. The SMILES string of the molecule is CC(C)C1C(=S)NN=C1C12CC3CC(CC(C3)C1)C2. The van der Waals surface area contributed by atoms with Crippen LogP contribution in [0.3, 0.4) is 0 Å². The van der Waals surface area contributed by atoms with Gasteiger partial charge in [0.15, 0.2) is 0 Å². The monoisotopic (exact) mass is 276 g/mol. The topological polar surface area (TPSA) is 24.4 Å². The minimum absolute atomic E-state index is 0.409. The Morgan fingerprint density at radius 1 is 1.11 bits per heavy atom. The first-order chi connectivity index (χ1) is 9.07. The highest BCUT2D eigenvalue weighted by Gasteiger charge is 2.56. The third-order valence-electron chi connectivity index (χ3n) is 6.11. The zero-order chi connectivity index (χ0) is 13.2. The van der Waals surface area contributed by atoms with Crippen LogP contribution in [0, 0.1) is 35.0 Å². The first kappa shape index (κ1) is 12.3. The molecule has 0 radical (unpaired) electrons. The fourth-order valence-electron chi connectivity index (χ4n) is 5.87. The molecule has 1 atom stereocenters. The van der Waals surface area contributed by atoms with Crippen LogP contribution in [0.4, 0.5) is 0 Å². The van der Waals surface area contributed by atoms with Crippen molar-refractivity contribution < 1.29 is 0 Å². The Bertz CT molecular complexity index is 416. The lowest BCUT2D eigenvalue weighted by Crippen LogP contribution is -2.52. The van der Waals surface area contributed by atoms with Crippen molar-refractivity contribution in [2.75, 3.05) is 0 Å². The van der Waals surface area contributed by atoms with Crippen molar-refractivity contribution in [2.45, 2.75) is 52.4 Å². The van der Waals surface area contributed by atoms with Crippen LogP contribution in [0.15, 0.2) is 5.10 Å². The Labute approximate surface area is 121 Å². The fraction of sp³-hybridized carbons (Fsp3) is 0.875. The van der Waals surface area contributed by atoms with E-state index < -0.39 is 0 Å². The highest BCUT2D eigenvalue weighted by Crippen LogP contribution is 2.61. The van der Waals surface area contributed by atoms with Crippen molar-refractivity contribution in [1.29, 1.82) is 0 Å². The highest BCUT2D eigenvalue weighted by molar-refractivity contribution is 7.80. The smallest absolute Gasteiger partial charge is 0.105 e. The molecule has 5 rings (SSSR count). The van der Waals surface area contributed by atoms with Gasteiger partial charge in [0.1, 0.15) is 4.99 Å². The van der Waals surface area contributed by atoms with Crippen LogP contribution >= 0.6 is 12.2 Å². The van der Waals surface area contributed by atoms with E-state index in [1.165, 1.54) is 44.2 Å². The highest BCUT2D eigenvalue weighted by atomic mass is 32.1. The van der Waals surface area contributed by atoms with Crippen molar-refractivity contribution >= 4 is 22.9 Å². The van der Waals surface area contributed by atoms with Gasteiger partial charge in [-0.1, -0.05) is 26.1 Å². The van der Waals surface area contributed by atoms with E-state index in [2.05, 4.69) is 19.3 Å². The van der Waals surface area contributed by atoms with Crippen molar-refractivity contribution in [2.24, 2.45) is 40.1 Å². The van der Waals surface area contributed by atoms with E-state index in [-0.39, 0.29) is 0 Å². The van der Waals surface area contributed by atoms with Gasteiger partial charge in [-0.25, -0.2) is 0 Å². The zero-order valence-corrected chi connectivity index (χ0v) is 12.8. The summed E-state index contributed by atoms with van der Waals surface area (Å²) < 4.78 is 0. The first-order valence-corrected chi connectivity index (χ1v) is 8.36. The number of hydrazone groups is 1. The quantitative estimate of drug-likeness (QED) is 0.777. The molecule has 1 aliphatic heterocycles. The molecule has 1 unspecified atom stereocenters. The van der Waals surface area contributed by atoms with E-state index in [1.807, 2.05) is 0 Å². The number of rotatable bonds is 2. The zero-order valence-electron chi connectivity index (χ0n) is 12.0. The number of hydrogen-bond acceptors (Lipinski definition) is 2. The summed E-state index contributed by atoms with van der Waals surface area (Å²) in [4.78, 5) is 0.973. The van der Waals surface area contributed by atoms with Gasteiger partial charge < -0.3 is 0 Å². The van der Waals surface area contributed by atoms with Gasteiger partial charge in [-0.2, -0.15) is 5.10 Å². The lowest BCUT2D eigenvalue weighted by atomic mass is 9.47. The molecular weight excluding hydrogens is 252 g/mol. The second-order valence-corrected chi connectivity index (χ2v) is 8.33. The normalized spacial score (nSPS) is 47.7. The van der Waals surface area contributed by atoms with Crippen LogP contribution in [-0.4, -0.2) is 10.7 Å². The maximum Gasteiger partial charge on any atom is 0.105 e. The van der Waals surface area contributed by atoms with Gasteiger partial charge in [-0.05, 0) is 62.2 Å². The van der Waals surface area contributed by atoms with E-state index >= 15 is 0 Å². The summed E-state index contributed by atoms with van der Waals surface area (Å²) in [6, 6.07) is 0. The molecule has 1 heterocycles. The molecule has 3 heteroatoms. The first-order valence-electron chi connectivity index (χ1n) is 7.95. The van der Waals surface area contributed by atoms with Crippen molar-refractivity contribution in [3.63, 3.8) is 0 Å². The molecule has 4 saturated carbocycles. The third-order valence-corrected chi connectivity index (χ3v) is 6.46. The summed E-state index contributed by atoms with van der Waals surface area (Å²) >= 11 is 5.52. The molecule has 4 bridgehead atoms. The molecule has 0 saturated heterocycles. The van der Waals surface area contributed by atoms with Gasteiger partial charge in [-0.3, -0.25) is 5.43 Å². The molecule has 1 N–H and O–H groups in total. The Hall–Kier alpha value is -0.440. The molecule has 0 aromatic carbocycles. The second-order valence-electron chi connectivity index (χ2n) is 7.89. The van der Waals surface area contributed by atoms with Gasteiger partial charge >= 0.3 is 0 Å². The van der Waals surface area contributed by atoms with E-state index in [0.717, 1.165) is 22.7 Å². The van der Waals surface area contributed by atoms with E-state index in [9.17, 15) is 0 Å². The molecule has 0 spiro atoms. The lowest BCUT2D eigenvalue weighted by Gasteiger charge is -2.57. The third kappa shape index (κ3) is 1.73. The van der Waals surface area contributed by atoms with Gasteiger partial charge in [0.25, 0.3) is 0 Å². The Balaban J connectivity index is 1.70. The molecule has 0 aromatic heterocycles. The van der Waals surface area contributed by atoms with Crippen molar-refractivity contribution in [3.05, 3.63) is 0 Å². The fourth-order valence-corrected chi connectivity index (χ4v) is 6.30. The number of thiocarbonyl (C=S) groups is 1. The Morgan fingerprint density at radius 3 is 2.11 bits per heavy atom. The average molecular weight is 276 g/mol. The number of hydrogen-bond donors (Lipinski definition) is 1. The maximum absolute atomic E-state index is 5.52.